The molecular weight excluding hydrogens is 288 g/mol. The fourth-order valence-corrected chi connectivity index (χ4v) is 2.80. The second kappa shape index (κ2) is 7.33. The van der Waals surface area contributed by atoms with Crippen LogP contribution in [-0.4, -0.2) is 28.3 Å². The zero-order chi connectivity index (χ0) is 14.4. The Bertz CT molecular complexity index is 603. The van der Waals surface area contributed by atoms with Crippen LogP contribution in [0, 0.1) is 3.95 Å². The summed E-state index contributed by atoms with van der Waals surface area (Å²) in [5, 5.41) is 8.46. The maximum atomic E-state index is 5.33. The summed E-state index contributed by atoms with van der Waals surface area (Å²) < 4.78 is 2.62. The fraction of sp³-hybridized carbons (Fsp3) is 0.286. The van der Waals surface area contributed by atoms with Crippen LogP contribution in [0.2, 0.25) is 0 Å². The van der Waals surface area contributed by atoms with Crippen molar-refractivity contribution >= 4 is 28.7 Å². The molecule has 0 atom stereocenters. The van der Waals surface area contributed by atoms with Crippen molar-refractivity contribution in [3.05, 3.63) is 52.5 Å². The van der Waals surface area contributed by atoms with Crippen molar-refractivity contribution in [3.63, 3.8) is 0 Å². The summed E-state index contributed by atoms with van der Waals surface area (Å²) >= 11 is 6.82. The molecule has 0 saturated heterocycles. The molecule has 0 aliphatic rings. The molecule has 4 nitrogen and oxygen atoms in total. The van der Waals surface area contributed by atoms with Gasteiger partial charge in [0.2, 0.25) is 5.13 Å². The average Bonchev–Trinajstić information content (AvgIpc) is 2.78. The summed E-state index contributed by atoms with van der Waals surface area (Å²) in [5.74, 6) is 0. The molecule has 0 aliphatic heterocycles. The molecule has 0 unspecified atom stereocenters. The van der Waals surface area contributed by atoms with Crippen molar-refractivity contribution in [1.82, 2.24) is 14.7 Å². The molecule has 20 heavy (non-hydrogen) atoms. The highest BCUT2D eigenvalue weighted by Crippen LogP contribution is 2.14. The summed E-state index contributed by atoms with van der Waals surface area (Å²) in [5.41, 5.74) is 1.28. The SMILES string of the molecule is C=CCNc1nn(CN(C)Cc2ccccc2)c(=S)s1. The van der Waals surface area contributed by atoms with Gasteiger partial charge in [-0.2, -0.15) is 0 Å². The van der Waals surface area contributed by atoms with Crippen LogP contribution in [0.4, 0.5) is 5.13 Å². The van der Waals surface area contributed by atoms with Gasteiger partial charge in [0, 0.05) is 13.1 Å². The molecule has 1 heterocycles. The predicted molar refractivity (Wildman–Crippen MR) is 87.5 cm³/mol. The first-order valence-electron chi connectivity index (χ1n) is 6.34. The Kier molecular flexibility index (Phi) is 5.46. The van der Waals surface area contributed by atoms with Gasteiger partial charge in [-0.15, -0.1) is 11.7 Å². The minimum atomic E-state index is 0.681. The van der Waals surface area contributed by atoms with Gasteiger partial charge < -0.3 is 5.32 Å². The van der Waals surface area contributed by atoms with E-state index in [9.17, 15) is 0 Å². The standard InChI is InChI=1S/C14H18N4S2/c1-3-9-15-13-16-18(14(19)20-13)11-17(2)10-12-7-5-4-6-8-12/h3-8H,1,9-11H2,2H3,(H,15,16). The van der Waals surface area contributed by atoms with Crippen molar-refractivity contribution in [1.29, 1.82) is 0 Å². The van der Waals surface area contributed by atoms with Crippen LogP contribution in [0.3, 0.4) is 0 Å². The molecule has 0 fully saturated rings. The Hall–Kier alpha value is -1.50. The van der Waals surface area contributed by atoms with Gasteiger partial charge in [0.1, 0.15) is 0 Å². The number of hydrogen-bond acceptors (Lipinski definition) is 5. The number of aromatic nitrogens is 2. The highest BCUT2D eigenvalue weighted by molar-refractivity contribution is 7.73. The first-order chi connectivity index (χ1) is 9.69. The van der Waals surface area contributed by atoms with E-state index in [-0.39, 0.29) is 0 Å². The van der Waals surface area contributed by atoms with Gasteiger partial charge in [0.25, 0.3) is 0 Å². The third-order valence-corrected chi connectivity index (χ3v) is 3.94. The van der Waals surface area contributed by atoms with Crippen molar-refractivity contribution in [2.24, 2.45) is 0 Å². The Morgan fingerprint density at radius 3 is 2.90 bits per heavy atom. The van der Waals surface area contributed by atoms with Gasteiger partial charge in [-0.05, 0) is 24.8 Å². The first-order valence-corrected chi connectivity index (χ1v) is 7.56. The predicted octanol–water partition coefficient (Wildman–Crippen LogP) is 3.36. The molecular formula is C14H18N4S2. The van der Waals surface area contributed by atoms with E-state index >= 15 is 0 Å². The van der Waals surface area contributed by atoms with Crippen molar-refractivity contribution in [2.45, 2.75) is 13.2 Å². The summed E-state index contributed by atoms with van der Waals surface area (Å²) in [7, 11) is 2.06. The number of benzene rings is 1. The molecule has 2 aromatic rings. The van der Waals surface area contributed by atoms with Crippen LogP contribution < -0.4 is 5.32 Å². The molecule has 1 aromatic carbocycles. The molecule has 106 valence electrons. The molecule has 6 heteroatoms. The lowest BCUT2D eigenvalue weighted by molar-refractivity contribution is 0.245. The monoisotopic (exact) mass is 306 g/mol. The minimum Gasteiger partial charge on any atom is -0.357 e. The summed E-state index contributed by atoms with van der Waals surface area (Å²) in [6.07, 6.45) is 1.80. The van der Waals surface area contributed by atoms with Gasteiger partial charge in [-0.3, -0.25) is 4.90 Å². The Morgan fingerprint density at radius 1 is 1.45 bits per heavy atom. The van der Waals surface area contributed by atoms with E-state index in [1.165, 1.54) is 16.9 Å². The summed E-state index contributed by atoms with van der Waals surface area (Å²) in [6, 6.07) is 10.4. The topological polar surface area (TPSA) is 33.1 Å². The zero-order valence-corrected chi connectivity index (χ0v) is 13.1. The van der Waals surface area contributed by atoms with Gasteiger partial charge in [0.05, 0.1) is 6.67 Å². The minimum absolute atomic E-state index is 0.681. The number of anilines is 1. The maximum absolute atomic E-state index is 5.33. The van der Waals surface area contributed by atoms with Crippen molar-refractivity contribution in [3.8, 4) is 0 Å². The fourth-order valence-electron chi connectivity index (χ4n) is 1.80. The summed E-state index contributed by atoms with van der Waals surface area (Å²) in [6.45, 7) is 5.92. The van der Waals surface area contributed by atoms with E-state index < -0.39 is 0 Å². The van der Waals surface area contributed by atoms with Crippen LogP contribution >= 0.6 is 23.6 Å². The van der Waals surface area contributed by atoms with Gasteiger partial charge in [-0.1, -0.05) is 47.7 Å². The lowest BCUT2D eigenvalue weighted by Gasteiger charge is -2.16. The quantitative estimate of drug-likeness (QED) is 0.628. The van der Waals surface area contributed by atoms with Gasteiger partial charge in [-0.25, -0.2) is 4.68 Å². The Labute approximate surface area is 128 Å². The van der Waals surface area contributed by atoms with Gasteiger partial charge >= 0.3 is 0 Å². The van der Waals surface area contributed by atoms with Crippen LogP contribution in [0.5, 0.6) is 0 Å². The Balaban J connectivity index is 1.97. The van der Waals surface area contributed by atoms with E-state index in [1.807, 2.05) is 10.7 Å². The molecule has 1 N–H and O–H groups in total. The summed E-state index contributed by atoms with van der Waals surface area (Å²) in [4.78, 5) is 2.18. The lowest BCUT2D eigenvalue weighted by atomic mass is 10.2. The molecule has 2 rings (SSSR count). The van der Waals surface area contributed by atoms with E-state index in [0.29, 0.717) is 13.2 Å². The van der Waals surface area contributed by atoms with E-state index in [2.05, 4.69) is 53.2 Å². The number of hydrogen-bond donors (Lipinski definition) is 1. The first kappa shape index (κ1) is 14.9. The maximum Gasteiger partial charge on any atom is 0.204 e. The molecule has 0 aliphatic carbocycles. The van der Waals surface area contributed by atoms with E-state index in [0.717, 1.165) is 15.6 Å². The third-order valence-electron chi connectivity index (χ3n) is 2.67. The lowest BCUT2D eigenvalue weighted by Crippen LogP contribution is -2.22. The van der Waals surface area contributed by atoms with Crippen LogP contribution in [0.15, 0.2) is 43.0 Å². The highest BCUT2D eigenvalue weighted by atomic mass is 32.1. The average molecular weight is 306 g/mol. The third kappa shape index (κ3) is 4.26. The Morgan fingerprint density at radius 2 is 2.20 bits per heavy atom. The molecule has 0 radical (unpaired) electrons. The van der Waals surface area contributed by atoms with Crippen LogP contribution in [0.1, 0.15) is 5.56 Å². The zero-order valence-electron chi connectivity index (χ0n) is 11.5. The number of nitrogens with zero attached hydrogens (tertiary/aromatic N) is 3. The largest absolute Gasteiger partial charge is 0.357 e. The second-order valence-electron chi connectivity index (χ2n) is 4.48. The van der Waals surface area contributed by atoms with E-state index in [4.69, 9.17) is 12.2 Å². The molecule has 0 amide bonds. The molecule has 0 spiro atoms. The molecule has 1 aromatic heterocycles. The second-order valence-corrected chi connectivity index (χ2v) is 6.11. The highest BCUT2D eigenvalue weighted by Gasteiger charge is 2.06. The van der Waals surface area contributed by atoms with Crippen LogP contribution in [-0.2, 0) is 13.2 Å². The number of nitrogens with one attached hydrogen (secondary N) is 1. The smallest absolute Gasteiger partial charge is 0.204 e. The molecule has 0 saturated carbocycles. The van der Waals surface area contributed by atoms with Crippen molar-refractivity contribution < 1.29 is 0 Å². The molecule has 0 bridgehead atoms. The number of rotatable bonds is 7. The van der Waals surface area contributed by atoms with Crippen LogP contribution in [0.25, 0.3) is 0 Å². The van der Waals surface area contributed by atoms with Gasteiger partial charge in [0.15, 0.2) is 3.95 Å². The van der Waals surface area contributed by atoms with E-state index in [1.54, 1.807) is 6.08 Å². The van der Waals surface area contributed by atoms with Crippen molar-refractivity contribution in [2.75, 3.05) is 18.9 Å². The normalized spacial score (nSPS) is 10.7.